The minimum atomic E-state index is -4.73. The summed E-state index contributed by atoms with van der Waals surface area (Å²) in [5, 5.41) is 13.8. The summed E-state index contributed by atoms with van der Waals surface area (Å²) >= 11 is 0.680. The highest BCUT2D eigenvalue weighted by atomic mass is 32.2. The maximum absolute atomic E-state index is 13.4. The quantitative estimate of drug-likeness (QED) is 0.425. The number of benzene rings is 1. The van der Waals surface area contributed by atoms with E-state index in [2.05, 4.69) is 24.2 Å². The number of carbonyl (C=O) groups is 1. The maximum Gasteiger partial charge on any atom is 0.452 e. The van der Waals surface area contributed by atoms with Gasteiger partial charge < -0.3 is 14.5 Å². The highest BCUT2D eigenvalue weighted by Crippen LogP contribution is 2.59. The molecule has 0 radical (unpaired) electrons. The Morgan fingerprint density at radius 3 is 2.45 bits per heavy atom. The molecule has 1 aliphatic carbocycles. The Balaban J connectivity index is 1.45. The van der Waals surface area contributed by atoms with Crippen LogP contribution < -0.4 is 4.72 Å². The SMILES string of the molecule is CN1CCN(C[C@@]2(c3ccccc3)C[C@]2(NS(=O)(=O)c2ccc(-c3cc(C(F)(F)F)on3)s2)C(=O)O)CC1. The van der Waals surface area contributed by atoms with E-state index in [1.54, 1.807) is 24.3 Å². The van der Waals surface area contributed by atoms with Crippen molar-refractivity contribution in [1.82, 2.24) is 19.7 Å². The van der Waals surface area contributed by atoms with Crippen LogP contribution in [-0.4, -0.2) is 79.8 Å². The van der Waals surface area contributed by atoms with Gasteiger partial charge in [-0.2, -0.15) is 17.9 Å². The predicted octanol–water partition coefficient (Wildman–Crippen LogP) is 3.11. The topological polar surface area (TPSA) is 116 Å². The van der Waals surface area contributed by atoms with Gasteiger partial charge in [0.05, 0.1) is 4.88 Å². The zero-order valence-corrected chi connectivity index (χ0v) is 21.9. The number of nitrogens with zero attached hydrogens (tertiary/aromatic N) is 3. The number of aliphatic carboxylic acids is 1. The van der Waals surface area contributed by atoms with E-state index >= 15 is 0 Å². The van der Waals surface area contributed by atoms with Gasteiger partial charge >= 0.3 is 12.1 Å². The predicted molar refractivity (Wildman–Crippen MR) is 132 cm³/mol. The van der Waals surface area contributed by atoms with Gasteiger partial charge in [-0.15, -0.1) is 11.3 Å². The van der Waals surface area contributed by atoms with Crippen LogP contribution in [0.5, 0.6) is 0 Å². The average Bonchev–Trinajstić information content (AvgIpc) is 3.24. The molecule has 0 bridgehead atoms. The normalized spacial score (nSPS) is 24.9. The van der Waals surface area contributed by atoms with Crippen LogP contribution in [0.3, 0.4) is 0 Å². The fourth-order valence-electron chi connectivity index (χ4n) is 5.05. The highest BCUT2D eigenvalue weighted by molar-refractivity contribution is 7.91. The molecule has 1 saturated carbocycles. The van der Waals surface area contributed by atoms with Crippen LogP contribution in [0.1, 0.15) is 17.7 Å². The minimum absolute atomic E-state index is 0.0569. The summed E-state index contributed by atoms with van der Waals surface area (Å²) in [6.07, 6.45) is -4.68. The van der Waals surface area contributed by atoms with Gasteiger partial charge in [0.25, 0.3) is 10.0 Å². The first-order valence-corrected chi connectivity index (χ1v) is 14.0. The van der Waals surface area contributed by atoms with Crippen molar-refractivity contribution in [2.75, 3.05) is 39.8 Å². The number of rotatable bonds is 8. The third-order valence-corrected chi connectivity index (χ3v) is 10.3. The van der Waals surface area contributed by atoms with Crippen molar-refractivity contribution in [3.05, 3.63) is 59.9 Å². The molecule has 3 aromatic rings. The zero-order chi connectivity index (χ0) is 27.3. The van der Waals surface area contributed by atoms with E-state index in [1.807, 2.05) is 13.1 Å². The van der Waals surface area contributed by atoms with Crippen molar-refractivity contribution < 1.29 is 36.0 Å². The van der Waals surface area contributed by atoms with Crippen molar-refractivity contribution in [1.29, 1.82) is 0 Å². The molecule has 14 heteroatoms. The molecule has 3 heterocycles. The number of carboxylic acid groups (broad SMARTS) is 1. The molecule has 2 aliphatic rings. The van der Waals surface area contributed by atoms with Gasteiger partial charge in [-0.05, 0) is 31.2 Å². The molecule has 2 N–H and O–H groups in total. The molecule has 0 spiro atoms. The first-order valence-electron chi connectivity index (χ1n) is 11.7. The van der Waals surface area contributed by atoms with Crippen molar-refractivity contribution in [2.24, 2.45) is 0 Å². The molecule has 9 nitrogen and oxygen atoms in total. The van der Waals surface area contributed by atoms with Crippen molar-refractivity contribution in [3.63, 3.8) is 0 Å². The van der Waals surface area contributed by atoms with Crippen LogP contribution in [0.4, 0.5) is 13.2 Å². The summed E-state index contributed by atoms with van der Waals surface area (Å²) in [7, 11) is -2.35. The molecule has 2 atom stereocenters. The number of halogens is 3. The Bertz CT molecular complexity index is 1430. The van der Waals surface area contributed by atoms with Crippen LogP contribution in [0, 0.1) is 0 Å². The number of carboxylic acids is 1. The summed E-state index contributed by atoms with van der Waals surface area (Å²) in [6.45, 7) is 3.42. The number of hydrogen-bond acceptors (Lipinski definition) is 8. The number of piperazine rings is 1. The van der Waals surface area contributed by atoms with E-state index in [0.717, 1.165) is 31.7 Å². The number of thiophene rings is 1. The lowest BCUT2D eigenvalue weighted by Crippen LogP contribution is -2.54. The molecule has 204 valence electrons. The van der Waals surface area contributed by atoms with Gasteiger partial charge in [-0.25, -0.2) is 8.42 Å². The van der Waals surface area contributed by atoms with Gasteiger partial charge in [0, 0.05) is 44.2 Å². The molecular weight excluding hydrogens is 545 g/mol. The molecule has 1 aliphatic heterocycles. The molecular formula is C24H25F3N4O5S2. The smallest absolute Gasteiger partial charge is 0.452 e. The fraction of sp³-hybridized carbons (Fsp3) is 0.417. The summed E-state index contributed by atoms with van der Waals surface area (Å²) in [5.41, 5.74) is -2.25. The lowest BCUT2D eigenvalue weighted by atomic mass is 9.89. The highest BCUT2D eigenvalue weighted by Gasteiger charge is 2.75. The van der Waals surface area contributed by atoms with Gasteiger partial charge in [0.2, 0.25) is 5.76 Å². The van der Waals surface area contributed by atoms with Crippen LogP contribution in [0.15, 0.2) is 57.3 Å². The van der Waals surface area contributed by atoms with E-state index in [9.17, 15) is 31.5 Å². The number of sulfonamides is 1. The number of hydrogen-bond donors (Lipinski definition) is 2. The van der Waals surface area contributed by atoms with E-state index in [4.69, 9.17) is 0 Å². The molecule has 2 fully saturated rings. The van der Waals surface area contributed by atoms with Gasteiger partial charge in [-0.1, -0.05) is 35.5 Å². The molecule has 1 aromatic carbocycles. The van der Waals surface area contributed by atoms with Crippen LogP contribution in [0.25, 0.3) is 10.6 Å². The first kappa shape index (κ1) is 26.8. The summed E-state index contributed by atoms with van der Waals surface area (Å²) in [5.74, 6) is -2.59. The monoisotopic (exact) mass is 570 g/mol. The molecule has 38 heavy (non-hydrogen) atoms. The second kappa shape index (κ2) is 9.45. The van der Waals surface area contributed by atoms with Crippen molar-refractivity contribution >= 4 is 27.3 Å². The number of nitrogens with one attached hydrogen (secondary N) is 1. The Morgan fingerprint density at radius 1 is 1.16 bits per heavy atom. The van der Waals surface area contributed by atoms with Crippen LogP contribution in [-0.2, 0) is 26.4 Å². The molecule has 2 aromatic heterocycles. The third-order valence-electron chi connectivity index (χ3n) is 7.24. The Labute approximate surface area is 220 Å². The molecule has 0 unspecified atom stereocenters. The fourth-order valence-corrected chi connectivity index (χ4v) is 7.73. The first-order chi connectivity index (χ1) is 17.9. The number of likely N-dealkylation sites (N-methyl/N-ethyl adjacent to an activating group) is 1. The maximum atomic E-state index is 13.4. The average molecular weight is 571 g/mol. The van der Waals surface area contributed by atoms with Crippen LogP contribution in [0.2, 0.25) is 0 Å². The minimum Gasteiger partial charge on any atom is -0.480 e. The van der Waals surface area contributed by atoms with E-state index < -0.39 is 38.9 Å². The number of alkyl halides is 3. The second-order valence-electron chi connectivity index (χ2n) is 9.71. The molecule has 5 rings (SSSR count). The summed E-state index contributed by atoms with van der Waals surface area (Å²) in [6, 6.07) is 12.2. The van der Waals surface area contributed by atoms with Crippen molar-refractivity contribution in [2.45, 2.75) is 27.8 Å². The van der Waals surface area contributed by atoms with E-state index in [1.165, 1.54) is 12.1 Å². The standard InChI is InChI=1S/C24H25F3N4O5S2/c1-30-9-11-31(12-10-30)15-22(16-5-3-2-4-6-16)14-23(22,21(32)33)29-38(34,35)20-8-7-18(37-20)17-13-19(36-28-17)24(25,26)27/h2-8,13,29H,9-12,14-15H2,1H3,(H,32,33)/t22-,23+/m1/s1. The van der Waals surface area contributed by atoms with E-state index in [0.29, 0.717) is 23.9 Å². The molecule has 1 saturated heterocycles. The van der Waals surface area contributed by atoms with Crippen molar-refractivity contribution in [3.8, 4) is 10.6 Å². The van der Waals surface area contributed by atoms with Crippen LogP contribution >= 0.6 is 11.3 Å². The summed E-state index contributed by atoms with van der Waals surface area (Å²) < 4.78 is 72.1. The number of aromatic nitrogens is 1. The lowest BCUT2D eigenvalue weighted by molar-refractivity contribution is -0.155. The largest absolute Gasteiger partial charge is 0.480 e. The Hall–Kier alpha value is -2.78. The van der Waals surface area contributed by atoms with E-state index in [-0.39, 0.29) is 21.2 Å². The zero-order valence-electron chi connectivity index (χ0n) is 20.2. The van der Waals surface area contributed by atoms with Gasteiger partial charge in [0.1, 0.15) is 15.4 Å². The Morgan fingerprint density at radius 2 is 1.84 bits per heavy atom. The van der Waals surface area contributed by atoms with Gasteiger partial charge in [0.15, 0.2) is 0 Å². The third kappa shape index (κ3) is 4.75. The second-order valence-corrected chi connectivity index (χ2v) is 12.7. The van der Waals surface area contributed by atoms with Gasteiger partial charge in [-0.3, -0.25) is 9.69 Å². The summed E-state index contributed by atoms with van der Waals surface area (Å²) in [4.78, 5) is 17.2. The lowest BCUT2D eigenvalue weighted by Gasteiger charge is -2.36. The Kier molecular flexibility index (Phi) is 6.67. The molecule has 0 amide bonds.